The number of rotatable bonds is 5. The first-order valence-corrected chi connectivity index (χ1v) is 7.93. The summed E-state index contributed by atoms with van der Waals surface area (Å²) >= 11 is 0. The third-order valence-corrected chi connectivity index (χ3v) is 4.50. The molecule has 3 atom stereocenters. The van der Waals surface area contributed by atoms with Crippen molar-refractivity contribution in [3.05, 3.63) is 35.9 Å². The molecule has 1 fully saturated rings. The Bertz CT molecular complexity index is 574. The SMILES string of the molecule is O=C(O)C(CNC(=O)C1CCCCC1C(F)(F)F)c1ccccc1. The van der Waals surface area contributed by atoms with Crippen LogP contribution < -0.4 is 5.32 Å². The third-order valence-electron chi connectivity index (χ3n) is 4.50. The molecule has 1 amide bonds. The maximum absolute atomic E-state index is 13.1. The van der Waals surface area contributed by atoms with Crippen LogP contribution in [-0.2, 0) is 9.59 Å². The van der Waals surface area contributed by atoms with Crippen LogP contribution in [0.3, 0.4) is 0 Å². The zero-order valence-electron chi connectivity index (χ0n) is 13.1. The van der Waals surface area contributed by atoms with Crippen molar-refractivity contribution in [1.29, 1.82) is 0 Å². The summed E-state index contributed by atoms with van der Waals surface area (Å²) in [5.74, 6) is -5.60. The Morgan fingerprint density at radius 2 is 1.79 bits per heavy atom. The zero-order chi connectivity index (χ0) is 17.7. The first-order chi connectivity index (χ1) is 11.3. The molecule has 2 rings (SSSR count). The second-order valence-electron chi connectivity index (χ2n) is 6.09. The maximum atomic E-state index is 13.1. The Balaban J connectivity index is 2.03. The largest absolute Gasteiger partial charge is 0.481 e. The molecule has 1 saturated carbocycles. The molecule has 0 saturated heterocycles. The number of alkyl halides is 3. The van der Waals surface area contributed by atoms with Gasteiger partial charge in [-0.15, -0.1) is 0 Å². The molecule has 2 N–H and O–H groups in total. The molecule has 0 aromatic heterocycles. The van der Waals surface area contributed by atoms with Gasteiger partial charge in [0.25, 0.3) is 0 Å². The van der Waals surface area contributed by atoms with E-state index in [0.29, 0.717) is 18.4 Å². The zero-order valence-corrected chi connectivity index (χ0v) is 13.1. The van der Waals surface area contributed by atoms with Gasteiger partial charge in [-0.3, -0.25) is 9.59 Å². The Labute approximate surface area is 138 Å². The van der Waals surface area contributed by atoms with Gasteiger partial charge in [0.15, 0.2) is 0 Å². The quantitative estimate of drug-likeness (QED) is 0.862. The van der Waals surface area contributed by atoms with E-state index in [9.17, 15) is 27.9 Å². The summed E-state index contributed by atoms with van der Waals surface area (Å²) in [7, 11) is 0. The average Bonchev–Trinajstić information content (AvgIpc) is 2.54. The minimum Gasteiger partial charge on any atom is -0.481 e. The fourth-order valence-electron chi connectivity index (χ4n) is 3.20. The van der Waals surface area contributed by atoms with Crippen LogP contribution in [0.15, 0.2) is 30.3 Å². The lowest BCUT2D eigenvalue weighted by atomic mass is 9.78. The Morgan fingerprint density at radius 3 is 2.38 bits per heavy atom. The fraction of sp³-hybridized carbons (Fsp3) is 0.529. The smallest absolute Gasteiger partial charge is 0.392 e. The summed E-state index contributed by atoms with van der Waals surface area (Å²) < 4.78 is 39.2. The third kappa shape index (κ3) is 4.49. The molecular formula is C17H20F3NO3. The monoisotopic (exact) mass is 343 g/mol. The molecule has 4 nitrogen and oxygen atoms in total. The van der Waals surface area contributed by atoms with E-state index in [-0.39, 0.29) is 19.4 Å². The lowest BCUT2D eigenvalue weighted by Gasteiger charge is -2.32. The van der Waals surface area contributed by atoms with E-state index in [4.69, 9.17) is 0 Å². The van der Waals surface area contributed by atoms with Gasteiger partial charge in [0.2, 0.25) is 5.91 Å². The fourth-order valence-corrected chi connectivity index (χ4v) is 3.20. The number of hydrogen-bond donors (Lipinski definition) is 2. The van der Waals surface area contributed by atoms with E-state index in [0.717, 1.165) is 0 Å². The van der Waals surface area contributed by atoms with E-state index >= 15 is 0 Å². The molecule has 0 radical (unpaired) electrons. The number of carbonyl (C=O) groups excluding carboxylic acids is 1. The normalized spacial score (nSPS) is 22.6. The molecule has 1 aromatic carbocycles. The van der Waals surface area contributed by atoms with Gasteiger partial charge in [-0.05, 0) is 18.4 Å². The molecule has 3 unspecified atom stereocenters. The van der Waals surface area contributed by atoms with Crippen molar-refractivity contribution in [1.82, 2.24) is 5.32 Å². The van der Waals surface area contributed by atoms with Crippen LogP contribution in [0.5, 0.6) is 0 Å². The van der Waals surface area contributed by atoms with Crippen LogP contribution in [0.1, 0.15) is 37.2 Å². The van der Waals surface area contributed by atoms with Gasteiger partial charge in [0, 0.05) is 12.5 Å². The first kappa shape index (κ1) is 18.3. The first-order valence-electron chi connectivity index (χ1n) is 7.93. The van der Waals surface area contributed by atoms with Gasteiger partial charge in [0.05, 0.1) is 11.8 Å². The highest BCUT2D eigenvalue weighted by Crippen LogP contribution is 2.41. The van der Waals surface area contributed by atoms with Crippen molar-refractivity contribution in [2.45, 2.75) is 37.8 Å². The number of amides is 1. The predicted molar refractivity (Wildman–Crippen MR) is 81.3 cm³/mol. The van der Waals surface area contributed by atoms with E-state index in [1.165, 1.54) is 0 Å². The molecule has 132 valence electrons. The summed E-state index contributed by atoms with van der Waals surface area (Å²) in [6.07, 6.45) is -3.25. The van der Waals surface area contributed by atoms with Crippen LogP contribution in [0, 0.1) is 11.8 Å². The Kier molecular flexibility index (Phi) is 5.85. The number of benzene rings is 1. The van der Waals surface area contributed by atoms with Crippen molar-refractivity contribution in [3.63, 3.8) is 0 Å². The van der Waals surface area contributed by atoms with Gasteiger partial charge >= 0.3 is 12.1 Å². The summed E-state index contributed by atoms with van der Waals surface area (Å²) in [5.41, 5.74) is 0.501. The molecule has 1 aromatic rings. The summed E-state index contributed by atoms with van der Waals surface area (Å²) in [5, 5.41) is 11.7. The van der Waals surface area contributed by atoms with Crippen molar-refractivity contribution >= 4 is 11.9 Å². The average molecular weight is 343 g/mol. The molecule has 24 heavy (non-hydrogen) atoms. The number of carboxylic acid groups (broad SMARTS) is 1. The number of aliphatic carboxylic acids is 1. The lowest BCUT2D eigenvalue weighted by Crippen LogP contribution is -2.44. The molecule has 0 heterocycles. The number of carbonyl (C=O) groups is 2. The Morgan fingerprint density at radius 1 is 1.17 bits per heavy atom. The van der Waals surface area contributed by atoms with Crippen LogP contribution in [0.4, 0.5) is 13.2 Å². The van der Waals surface area contributed by atoms with Gasteiger partial charge in [-0.25, -0.2) is 0 Å². The topological polar surface area (TPSA) is 66.4 Å². The molecular weight excluding hydrogens is 323 g/mol. The van der Waals surface area contributed by atoms with E-state index in [1.54, 1.807) is 30.3 Å². The summed E-state index contributed by atoms with van der Waals surface area (Å²) in [4.78, 5) is 23.6. The molecule has 0 aliphatic heterocycles. The molecule has 1 aliphatic rings. The highest BCUT2D eigenvalue weighted by atomic mass is 19.4. The van der Waals surface area contributed by atoms with Crippen LogP contribution in [-0.4, -0.2) is 29.7 Å². The van der Waals surface area contributed by atoms with Gasteiger partial charge in [-0.2, -0.15) is 13.2 Å². The second-order valence-corrected chi connectivity index (χ2v) is 6.09. The summed E-state index contributed by atoms with van der Waals surface area (Å²) in [6, 6.07) is 8.31. The number of halogens is 3. The summed E-state index contributed by atoms with van der Waals surface area (Å²) in [6.45, 7) is -0.223. The predicted octanol–water partition coefficient (Wildman–Crippen LogP) is 3.34. The van der Waals surface area contributed by atoms with Gasteiger partial charge < -0.3 is 10.4 Å². The molecule has 7 heteroatoms. The van der Waals surface area contributed by atoms with E-state index in [2.05, 4.69) is 5.32 Å². The standard InChI is InChI=1S/C17H20F3NO3/c18-17(19,20)14-9-5-4-8-12(14)15(22)21-10-13(16(23)24)11-6-2-1-3-7-11/h1-3,6-7,12-14H,4-5,8-10H2,(H,21,22)(H,23,24). The van der Waals surface area contributed by atoms with Crippen molar-refractivity contribution in [3.8, 4) is 0 Å². The van der Waals surface area contributed by atoms with E-state index < -0.39 is 35.8 Å². The molecule has 0 spiro atoms. The highest BCUT2D eigenvalue weighted by Gasteiger charge is 2.48. The van der Waals surface area contributed by atoms with Crippen LogP contribution in [0.25, 0.3) is 0 Å². The highest BCUT2D eigenvalue weighted by molar-refractivity contribution is 5.81. The molecule has 1 aliphatic carbocycles. The Hall–Kier alpha value is -2.05. The van der Waals surface area contributed by atoms with Crippen LogP contribution >= 0.6 is 0 Å². The van der Waals surface area contributed by atoms with Crippen molar-refractivity contribution < 1.29 is 27.9 Å². The van der Waals surface area contributed by atoms with Crippen molar-refractivity contribution in [2.75, 3.05) is 6.54 Å². The molecule has 0 bridgehead atoms. The maximum Gasteiger partial charge on any atom is 0.392 e. The number of hydrogen-bond acceptors (Lipinski definition) is 2. The van der Waals surface area contributed by atoms with Crippen molar-refractivity contribution in [2.24, 2.45) is 11.8 Å². The minimum absolute atomic E-state index is 0.0529. The number of carboxylic acids is 1. The second kappa shape index (κ2) is 7.68. The van der Waals surface area contributed by atoms with Gasteiger partial charge in [0.1, 0.15) is 0 Å². The minimum atomic E-state index is -4.41. The van der Waals surface area contributed by atoms with Crippen LogP contribution in [0.2, 0.25) is 0 Å². The lowest BCUT2D eigenvalue weighted by molar-refractivity contribution is -0.198. The number of nitrogens with one attached hydrogen (secondary N) is 1. The van der Waals surface area contributed by atoms with E-state index in [1.807, 2.05) is 0 Å². The van der Waals surface area contributed by atoms with Gasteiger partial charge in [-0.1, -0.05) is 43.2 Å².